The highest BCUT2D eigenvalue weighted by atomic mass is 16.5. The van der Waals surface area contributed by atoms with Crippen LogP contribution in [0.1, 0.15) is 18.9 Å². The van der Waals surface area contributed by atoms with E-state index in [1.165, 1.54) is 10.5 Å². The molecule has 0 aromatic heterocycles. The van der Waals surface area contributed by atoms with E-state index in [9.17, 15) is 14.4 Å². The number of carboxylic acid groups (broad SMARTS) is 1. The lowest BCUT2D eigenvalue weighted by atomic mass is 10.1. The molecule has 25 heavy (non-hydrogen) atoms. The number of aryl methyl sites for hydroxylation is 1. The van der Waals surface area contributed by atoms with Crippen molar-refractivity contribution in [3.8, 4) is 0 Å². The molecule has 0 saturated carbocycles. The minimum Gasteiger partial charge on any atom is -0.479 e. The van der Waals surface area contributed by atoms with E-state index < -0.39 is 18.0 Å². The van der Waals surface area contributed by atoms with Crippen LogP contribution in [0.25, 0.3) is 0 Å². The van der Waals surface area contributed by atoms with Crippen LogP contribution in [-0.2, 0) is 25.5 Å². The Bertz CT molecular complexity index is 673. The predicted molar refractivity (Wildman–Crippen MR) is 90.2 cm³/mol. The number of carbonyl (C=O) groups excluding carboxylic acids is 2. The summed E-state index contributed by atoms with van der Waals surface area (Å²) in [6.45, 7) is 2.99. The Kier molecular flexibility index (Phi) is 5.03. The predicted octanol–water partition coefficient (Wildman–Crippen LogP) is 0.914. The van der Waals surface area contributed by atoms with Crippen molar-refractivity contribution in [2.45, 2.75) is 25.9 Å². The molecule has 1 aromatic carbocycles. The molecule has 134 valence electrons. The fraction of sp³-hybridized carbons (Fsp3) is 0.500. The van der Waals surface area contributed by atoms with E-state index in [0.29, 0.717) is 13.1 Å². The van der Waals surface area contributed by atoms with Gasteiger partial charge in [-0.15, -0.1) is 0 Å². The van der Waals surface area contributed by atoms with Gasteiger partial charge in [-0.2, -0.15) is 0 Å². The lowest BCUT2D eigenvalue weighted by molar-refractivity contribution is -0.160. The molecule has 7 heteroatoms. The zero-order chi connectivity index (χ0) is 18.0. The molecular formula is C18H22N2O5. The molecule has 2 unspecified atom stereocenters. The van der Waals surface area contributed by atoms with Crippen LogP contribution in [0.2, 0.25) is 0 Å². The molecule has 0 bridgehead atoms. The molecule has 2 heterocycles. The van der Waals surface area contributed by atoms with Gasteiger partial charge in [-0.25, -0.2) is 4.79 Å². The van der Waals surface area contributed by atoms with Gasteiger partial charge in [-0.1, -0.05) is 19.1 Å². The van der Waals surface area contributed by atoms with Gasteiger partial charge in [0.1, 0.15) is 0 Å². The molecule has 2 saturated heterocycles. The largest absolute Gasteiger partial charge is 0.479 e. The standard InChI is InChI=1S/C18H22N2O5/c1-2-12-3-5-14(6-4-12)20-10-13(9-16(20)21)17(22)19-7-8-25-15(11-19)18(23)24/h3-6,13,15H,2,7-11H2,1H3,(H,23,24). The van der Waals surface area contributed by atoms with Crippen LogP contribution >= 0.6 is 0 Å². The maximum absolute atomic E-state index is 12.7. The maximum Gasteiger partial charge on any atom is 0.334 e. The van der Waals surface area contributed by atoms with Crippen LogP contribution in [0.4, 0.5) is 5.69 Å². The maximum atomic E-state index is 12.7. The Hall–Kier alpha value is -2.41. The van der Waals surface area contributed by atoms with Gasteiger partial charge < -0.3 is 19.6 Å². The van der Waals surface area contributed by atoms with Gasteiger partial charge in [0.15, 0.2) is 6.10 Å². The van der Waals surface area contributed by atoms with Crippen LogP contribution in [-0.4, -0.2) is 60.1 Å². The number of aliphatic carboxylic acids is 1. The van der Waals surface area contributed by atoms with Crippen molar-refractivity contribution in [2.75, 3.05) is 31.1 Å². The number of hydrogen-bond donors (Lipinski definition) is 1. The number of nitrogens with zero attached hydrogens (tertiary/aromatic N) is 2. The zero-order valence-electron chi connectivity index (χ0n) is 14.2. The summed E-state index contributed by atoms with van der Waals surface area (Å²) in [6, 6.07) is 7.77. The molecule has 2 atom stereocenters. The fourth-order valence-electron chi connectivity index (χ4n) is 3.29. The van der Waals surface area contributed by atoms with E-state index in [1.807, 2.05) is 24.3 Å². The second-order valence-electron chi connectivity index (χ2n) is 6.41. The highest BCUT2D eigenvalue weighted by molar-refractivity contribution is 6.00. The first kappa shape index (κ1) is 17.4. The average Bonchev–Trinajstić information content (AvgIpc) is 3.03. The molecule has 0 aliphatic carbocycles. The third kappa shape index (κ3) is 3.66. The van der Waals surface area contributed by atoms with Gasteiger partial charge >= 0.3 is 5.97 Å². The summed E-state index contributed by atoms with van der Waals surface area (Å²) < 4.78 is 5.15. The Morgan fingerprint density at radius 1 is 1.24 bits per heavy atom. The van der Waals surface area contributed by atoms with E-state index in [4.69, 9.17) is 9.84 Å². The van der Waals surface area contributed by atoms with Crippen LogP contribution in [0.5, 0.6) is 0 Å². The second kappa shape index (κ2) is 7.23. The molecular weight excluding hydrogens is 324 g/mol. The first-order chi connectivity index (χ1) is 12.0. The molecule has 3 rings (SSSR count). The fourth-order valence-corrected chi connectivity index (χ4v) is 3.29. The monoisotopic (exact) mass is 346 g/mol. The van der Waals surface area contributed by atoms with E-state index in [0.717, 1.165) is 12.1 Å². The number of rotatable bonds is 4. The highest BCUT2D eigenvalue weighted by Crippen LogP contribution is 2.27. The number of anilines is 1. The first-order valence-corrected chi connectivity index (χ1v) is 8.52. The van der Waals surface area contributed by atoms with E-state index >= 15 is 0 Å². The molecule has 0 spiro atoms. The van der Waals surface area contributed by atoms with Crippen molar-refractivity contribution in [3.63, 3.8) is 0 Å². The van der Waals surface area contributed by atoms with Gasteiger partial charge in [0.05, 0.1) is 19.1 Å². The minimum atomic E-state index is -1.07. The Morgan fingerprint density at radius 2 is 1.96 bits per heavy atom. The van der Waals surface area contributed by atoms with Crippen molar-refractivity contribution in [2.24, 2.45) is 5.92 Å². The molecule has 1 N–H and O–H groups in total. The van der Waals surface area contributed by atoms with E-state index in [2.05, 4.69) is 6.92 Å². The van der Waals surface area contributed by atoms with Crippen molar-refractivity contribution in [1.82, 2.24) is 4.90 Å². The number of ether oxygens (including phenoxy) is 1. The number of morpholine rings is 1. The van der Waals surface area contributed by atoms with Gasteiger partial charge in [0, 0.05) is 25.2 Å². The topological polar surface area (TPSA) is 87.2 Å². The Morgan fingerprint density at radius 3 is 2.60 bits per heavy atom. The van der Waals surface area contributed by atoms with Crippen LogP contribution in [0, 0.1) is 5.92 Å². The molecule has 2 aliphatic heterocycles. The molecule has 2 fully saturated rings. The summed E-state index contributed by atoms with van der Waals surface area (Å²) >= 11 is 0. The zero-order valence-corrected chi connectivity index (χ0v) is 14.2. The van der Waals surface area contributed by atoms with Crippen LogP contribution in [0.3, 0.4) is 0 Å². The van der Waals surface area contributed by atoms with Crippen LogP contribution in [0.15, 0.2) is 24.3 Å². The third-order valence-electron chi connectivity index (χ3n) is 4.78. The number of carboxylic acids is 1. The Labute approximate surface area is 146 Å². The van der Waals surface area contributed by atoms with E-state index in [1.54, 1.807) is 4.90 Å². The van der Waals surface area contributed by atoms with Crippen LogP contribution < -0.4 is 4.90 Å². The molecule has 2 amide bonds. The summed E-state index contributed by atoms with van der Waals surface area (Å²) in [4.78, 5) is 39.2. The molecule has 1 aromatic rings. The van der Waals surface area contributed by atoms with Crippen molar-refractivity contribution < 1.29 is 24.2 Å². The third-order valence-corrected chi connectivity index (χ3v) is 4.78. The van der Waals surface area contributed by atoms with Gasteiger partial charge in [0.2, 0.25) is 11.8 Å². The summed E-state index contributed by atoms with van der Waals surface area (Å²) in [6.07, 6.45) is 0.0908. The van der Waals surface area contributed by atoms with Gasteiger partial charge in [-0.3, -0.25) is 9.59 Å². The highest BCUT2D eigenvalue weighted by Gasteiger charge is 2.39. The molecule has 7 nitrogen and oxygen atoms in total. The van der Waals surface area contributed by atoms with Crippen molar-refractivity contribution in [1.29, 1.82) is 0 Å². The smallest absolute Gasteiger partial charge is 0.334 e. The lowest BCUT2D eigenvalue weighted by Crippen LogP contribution is -2.50. The lowest BCUT2D eigenvalue weighted by Gasteiger charge is -2.32. The normalized spacial score (nSPS) is 23.8. The van der Waals surface area contributed by atoms with E-state index in [-0.39, 0.29) is 31.4 Å². The summed E-state index contributed by atoms with van der Waals surface area (Å²) in [5, 5.41) is 9.05. The minimum absolute atomic E-state index is 0.0318. The molecule has 0 radical (unpaired) electrons. The Balaban J connectivity index is 1.66. The van der Waals surface area contributed by atoms with Crippen molar-refractivity contribution >= 4 is 23.5 Å². The number of amides is 2. The van der Waals surface area contributed by atoms with Gasteiger partial charge in [0.25, 0.3) is 0 Å². The second-order valence-corrected chi connectivity index (χ2v) is 6.41. The summed E-state index contributed by atoms with van der Waals surface area (Å²) in [7, 11) is 0. The van der Waals surface area contributed by atoms with Gasteiger partial charge in [-0.05, 0) is 24.1 Å². The first-order valence-electron chi connectivity index (χ1n) is 8.52. The summed E-state index contributed by atoms with van der Waals surface area (Å²) in [5.41, 5.74) is 1.99. The average molecular weight is 346 g/mol. The quantitative estimate of drug-likeness (QED) is 0.876. The number of hydrogen-bond acceptors (Lipinski definition) is 4. The number of benzene rings is 1. The number of carbonyl (C=O) groups is 3. The van der Waals surface area contributed by atoms with Crippen molar-refractivity contribution in [3.05, 3.63) is 29.8 Å². The summed E-state index contributed by atoms with van der Waals surface area (Å²) in [5.74, 6) is -1.76. The SMILES string of the molecule is CCc1ccc(N2CC(C(=O)N3CCOC(C(=O)O)C3)CC2=O)cc1. The molecule has 2 aliphatic rings.